The van der Waals surface area contributed by atoms with Crippen molar-refractivity contribution in [2.24, 2.45) is 0 Å². The van der Waals surface area contributed by atoms with Crippen LogP contribution >= 0.6 is 0 Å². The van der Waals surface area contributed by atoms with Crippen molar-refractivity contribution < 1.29 is 14.7 Å². The van der Waals surface area contributed by atoms with Crippen LogP contribution in [0.15, 0.2) is 89.7 Å². The molecule has 0 saturated carbocycles. The highest BCUT2D eigenvalue weighted by atomic mass is 16.4. The van der Waals surface area contributed by atoms with Crippen LogP contribution in [-0.2, 0) is 16.1 Å². The van der Waals surface area contributed by atoms with Crippen molar-refractivity contribution in [3.8, 4) is 0 Å². The molecule has 2 aliphatic rings. The lowest BCUT2D eigenvalue weighted by molar-refractivity contribution is -0.150. The number of para-hydroxylation sites is 3. The van der Waals surface area contributed by atoms with Crippen LogP contribution in [-0.4, -0.2) is 68.2 Å². The van der Waals surface area contributed by atoms with E-state index in [4.69, 9.17) is 0 Å². The minimum Gasteiger partial charge on any atom is -0.479 e. The van der Waals surface area contributed by atoms with Gasteiger partial charge in [0.2, 0.25) is 0 Å². The number of likely N-dealkylation sites (tertiary alicyclic amines) is 1. The van der Waals surface area contributed by atoms with Crippen molar-refractivity contribution in [1.29, 1.82) is 0 Å². The van der Waals surface area contributed by atoms with E-state index in [0.717, 1.165) is 42.8 Å². The monoisotopic (exact) mass is 539 g/mol. The average Bonchev–Trinajstić information content (AvgIpc) is 3.44. The summed E-state index contributed by atoms with van der Waals surface area (Å²) in [7, 11) is 0. The fraction of sp³-hybridized carbons (Fsp3) is 0.323. The van der Waals surface area contributed by atoms with E-state index in [0.29, 0.717) is 24.9 Å². The molecule has 3 heterocycles. The first-order chi connectivity index (χ1) is 19.5. The Morgan fingerprint density at radius 2 is 1.52 bits per heavy atom. The fourth-order valence-corrected chi connectivity index (χ4v) is 6.37. The van der Waals surface area contributed by atoms with Gasteiger partial charge in [0.1, 0.15) is 5.54 Å². The maximum Gasteiger partial charge on any atom is 0.331 e. The van der Waals surface area contributed by atoms with Gasteiger partial charge in [-0.1, -0.05) is 60.7 Å². The minimum absolute atomic E-state index is 0.0969. The van der Waals surface area contributed by atoms with Crippen LogP contribution < -0.4 is 10.6 Å². The van der Waals surface area contributed by atoms with Crippen molar-refractivity contribution in [2.45, 2.75) is 37.4 Å². The zero-order valence-corrected chi connectivity index (χ0v) is 22.3. The highest BCUT2D eigenvalue weighted by molar-refractivity contribution is 5.96. The molecular formula is C31H33N5O4. The highest BCUT2D eigenvalue weighted by Crippen LogP contribution is 2.42. The Kier molecular flexibility index (Phi) is 6.89. The number of nitrogens with zero attached hydrogens (tertiary/aromatic N) is 4. The molecule has 2 aliphatic heterocycles. The number of hydrogen-bond donors (Lipinski definition) is 2. The van der Waals surface area contributed by atoms with Crippen molar-refractivity contribution in [3.63, 3.8) is 0 Å². The van der Waals surface area contributed by atoms with Crippen molar-refractivity contribution in [1.82, 2.24) is 19.4 Å². The molecule has 9 nitrogen and oxygen atoms in total. The molecule has 1 spiro atoms. The first kappa shape index (κ1) is 25.9. The van der Waals surface area contributed by atoms with Gasteiger partial charge in [-0.15, -0.1) is 0 Å². The number of anilines is 1. The number of aromatic nitrogens is 2. The lowest BCUT2D eigenvalue weighted by Crippen LogP contribution is -2.56. The number of aryl methyl sites for hydroxylation is 1. The van der Waals surface area contributed by atoms with E-state index >= 15 is 0 Å². The Morgan fingerprint density at radius 3 is 2.23 bits per heavy atom. The number of carboxylic acid groups (broad SMARTS) is 1. The first-order valence-corrected chi connectivity index (χ1v) is 13.8. The molecule has 1 aromatic heterocycles. The van der Waals surface area contributed by atoms with E-state index < -0.39 is 17.6 Å². The summed E-state index contributed by atoms with van der Waals surface area (Å²) in [6, 6.07) is 25.5. The van der Waals surface area contributed by atoms with E-state index in [1.807, 2.05) is 60.7 Å². The van der Waals surface area contributed by atoms with Gasteiger partial charge < -0.3 is 24.8 Å². The third-order valence-electron chi connectivity index (χ3n) is 8.42. The SMILES string of the molecule is O=C(O)C(c1ccccc1)N1CN(c2ccccc2)C2(CCN(CCCn3c(=O)[nH]c4ccccc43)CC2)C1=O. The number of piperidine rings is 1. The van der Waals surface area contributed by atoms with Crippen molar-refractivity contribution in [3.05, 3.63) is 101 Å². The van der Waals surface area contributed by atoms with E-state index in [1.165, 1.54) is 4.90 Å². The predicted octanol–water partition coefficient (Wildman–Crippen LogP) is 3.69. The van der Waals surface area contributed by atoms with Gasteiger partial charge in [0, 0.05) is 25.3 Å². The third kappa shape index (κ3) is 4.56. The van der Waals surface area contributed by atoms with Gasteiger partial charge in [0.15, 0.2) is 6.04 Å². The molecule has 40 heavy (non-hydrogen) atoms. The maximum absolute atomic E-state index is 14.2. The second-order valence-electron chi connectivity index (χ2n) is 10.7. The summed E-state index contributed by atoms with van der Waals surface area (Å²) in [4.78, 5) is 48.0. The number of carbonyl (C=O) groups is 2. The fourth-order valence-electron chi connectivity index (χ4n) is 6.37. The predicted molar refractivity (Wildman–Crippen MR) is 153 cm³/mol. The number of rotatable bonds is 8. The summed E-state index contributed by atoms with van der Waals surface area (Å²) in [5.41, 5.74) is 2.37. The third-order valence-corrected chi connectivity index (χ3v) is 8.42. The molecule has 6 rings (SSSR count). The van der Waals surface area contributed by atoms with E-state index in [1.54, 1.807) is 28.8 Å². The number of benzene rings is 3. The quantitative estimate of drug-likeness (QED) is 0.354. The molecule has 1 unspecified atom stereocenters. The van der Waals surface area contributed by atoms with Gasteiger partial charge in [-0.3, -0.25) is 9.36 Å². The number of fused-ring (bicyclic) bond motifs is 1. The summed E-state index contributed by atoms with van der Waals surface area (Å²) >= 11 is 0. The normalized spacial score (nSPS) is 18.1. The lowest BCUT2D eigenvalue weighted by Gasteiger charge is -2.43. The average molecular weight is 540 g/mol. The molecule has 1 amide bonds. The molecular weight excluding hydrogens is 506 g/mol. The molecule has 206 valence electrons. The number of H-pyrrole nitrogens is 1. The smallest absolute Gasteiger partial charge is 0.331 e. The van der Waals surface area contributed by atoms with E-state index in [-0.39, 0.29) is 18.3 Å². The first-order valence-electron chi connectivity index (χ1n) is 13.8. The second-order valence-corrected chi connectivity index (χ2v) is 10.7. The van der Waals surface area contributed by atoms with Gasteiger partial charge in [-0.05, 0) is 55.6 Å². The van der Waals surface area contributed by atoms with Gasteiger partial charge in [0.05, 0.1) is 17.7 Å². The summed E-state index contributed by atoms with van der Waals surface area (Å²) in [5.74, 6) is -1.16. The minimum atomic E-state index is -1.05. The van der Waals surface area contributed by atoms with Crippen LogP contribution in [0.2, 0.25) is 0 Å². The summed E-state index contributed by atoms with van der Waals surface area (Å²) in [6.45, 7) is 3.08. The standard InChI is InChI=1S/C31H33N5O4/c37-28(38)27(23-10-3-1-4-11-23)35-22-36(24-12-5-2-6-13-24)31(29(35)39)16-20-33(21-17-31)18-9-19-34-26-15-8-7-14-25(26)32-30(34)40/h1-8,10-15,27H,9,16-22H2,(H,32,40)(H,37,38). The number of amides is 1. The molecule has 0 aliphatic carbocycles. The summed E-state index contributed by atoms with van der Waals surface area (Å²) in [5, 5.41) is 10.2. The number of nitrogens with one attached hydrogen (secondary N) is 1. The lowest BCUT2D eigenvalue weighted by atomic mass is 9.85. The van der Waals surface area contributed by atoms with Gasteiger partial charge in [-0.25, -0.2) is 9.59 Å². The number of hydrogen-bond acceptors (Lipinski definition) is 5. The number of carbonyl (C=O) groups excluding carboxylic acids is 1. The van der Waals surface area contributed by atoms with Gasteiger partial charge in [-0.2, -0.15) is 0 Å². The number of aromatic amines is 1. The van der Waals surface area contributed by atoms with E-state index in [2.05, 4.69) is 14.8 Å². The van der Waals surface area contributed by atoms with Gasteiger partial charge in [0.25, 0.3) is 5.91 Å². The topological polar surface area (TPSA) is 102 Å². The van der Waals surface area contributed by atoms with Crippen molar-refractivity contribution >= 4 is 28.6 Å². The molecule has 2 fully saturated rings. The maximum atomic E-state index is 14.2. The van der Waals surface area contributed by atoms with Crippen LogP contribution in [0.1, 0.15) is 30.9 Å². The number of aliphatic carboxylic acids is 1. The molecule has 2 saturated heterocycles. The Labute approximate surface area is 232 Å². The van der Waals surface area contributed by atoms with Crippen LogP contribution in [0.5, 0.6) is 0 Å². The zero-order valence-electron chi connectivity index (χ0n) is 22.3. The summed E-state index contributed by atoms with van der Waals surface area (Å²) in [6.07, 6.45) is 2.02. The highest BCUT2D eigenvalue weighted by Gasteiger charge is 2.56. The Bertz CT molecular complexity index is 1560. The largest absolute Gasteiger partial charge is 0.479 e. The molecule has 4 aromatic rings. The molecule has 2 N–H and O–H groups in total. The molecule has 0 bridgehead atoms. The van der Waals surface area contributed by atoms with Crippen LogP contribution in [0.3, 0.4) is 0 Å². The zero-order chi connectivity index (χ0) is 27.7. The van der Waals surface area contributed by atoms with Crippen LogP contribution in [0.25, 0.3) is 11.0 Å². The molecule has 9 heteroatoms. The molecule has 0 radical (unpaired) electrons. The Balaban J connectivity index is 1.19. The number of carboxylic acids is 1. The molecule has 1 atom stereocenters. The van der Waals surface area contributed by atoms with Crippen molar-refractivity contribution in [2.75, 3.05) is 31.2 Å². The van der Waals surface area contributed by atoms with Crippen LogP contribution in [0, 0.1) is 0 Å². The molecule has 3 aromatic carbocycles. The van der Waals surface area contributed by atoms with E-state index in [9.17, 15) is 19.5 Å². The Morgan fingerprint density at radius 1 is 0.875 bits per heavy atom. The summed E-state index contributed by atoms with van der Waals surface area (Å²) < 4.78 is 1.78. The van der Waals surface area contributed by atoms with Gasteiger partial charge >= 0.3 is 11.7 Å². The second kappa shape index (κ2) is 10.7. The number of imidazole rings is 1. The van der Waals surface area contributed by atoms with Crippen LogP contribution in [0.4, 0.5) is 5.69 Å². The Hall–Kier alpha value is -4.37.